The molecule has 0 fully saturated rings. The molecule has 0 radical (unpaired) electrons. The molecule has 1 heterocycles. The second kappa shape index (κ2) is 7.75. The van der Waals surface area contributed by atoms with E-state index >= 15 is 0 Å². The van der Waals surface area contributed by atoms with Crippen LogP contribution in [-0.2, 0) is 9.53 Å². The SMILES string of the molecule is C[C@H](CC(=O)OC(C)(C)C)c1nc(-c2ccc(OC(F)(F)F)c(Cl)c2)no1. The highest BCUT2D eigenvalue weighted by Gasteiger charge is 2.32. The summed E-state index contributed by atoms with van der Waals surface area (Å²) in [5.41, 5.74) is -0.262. The molecule has 0 saturated carbocycles. The Balaban J connectivity index is 2.11. The van der Waals surface area contributed by atoms with Crippen molar-refractivity contribution >= 4 is 17.6 Å². The standard InChI is InChI=1S/C17H18ClF3N2O4/c1-9(7-13(24)26-16(2,3)4)15-22-14(23-27-15)10-5-6-12(11(18)8-10)25-17(19,20)21/h5-6,8-9H,7H2,1-4H3/t9-/m1/s1. The van der Waals surface area contributed by atoms with E-state index in [1.54, 1.807) is 27.7 Å². The van der Waals surface area contributed by atoms with Gasteiger partial charge in [-0.2, -0.15) is 4.98 Å². The van der Waals surface area contributed by atoms with Gasteiger partial charge in [-0.05, 0) is 39.0 Å². The van der Waals surface area contributed by atoms with Crippen molar-refractivity contribution in [1.82, 2.24) is 10.1 Å². The summed E-state index contributed by atoms with van der Waals surface area (Å²) in [6, 6.07) is 3.61. The van der Waals surface area contributed by atoms with Crippen LogP contribution in [0.25, 0.3) is 11.4 Å². The third kappa shape index (κ3) is 6.42. The van der Waals surface area contributed by atoms with E-state index in [1.165, 1.54) is 12.1 Å². The molecule has 0 bridgehead atoms. The third-order valence-corrected chi connectivity index (χ3v) is 3.47. The highest BCUT2D eigenvalue weighted by Crippen LogP contribution is 2.33. The number of hydrogen-bond donors (Lipinski definition) is 0. The molecule has 0 aliphatic heterocycles. The van der Waals surface area contributed by atoms with Gasteiger partial charge >= 0.3 is 12.3 Å². The van der Waals surface area contributed by atoms with Gasteiger partial charge in [0.25, 0.3) is 0 Å². The van der Waals surface area contributed by atoms with Gasteiger partial charge in [0.2, 0.25) is 11.7 Å². The van der Waals surface area contributed by atoms with Gasteiger partial charge in [-0.25, -0.2) is 0 Å². The molecule has 2 rings (SSSR count). The number of alkyl halides is 3. The molecule has 0 N–H and O–H groups in total. The van der Waals surface area contributed by atoms with Crippen LogP contribution in [0.4, 0.5) is 13.2 Å². The predicted octanol–water partition coefficient (Wildman–Crippen LogP) is 5.12. The Labute approximate surface area is 158 Å². The Morgan fingerprint density at radius 1 is 1.30 bits per heavy atom. The molecule has 0 aliphatic rings. The normalized spacial score (nSPS) is 13.3. The molecule has 0 aliphatic carbocycles. The minimum absolute atomic E-state index is 0.0397. The van der Waals surface area contributed by atoms with E-state index in [0.29, 0.717) is 5.56 Å². The summed E-state index contributed by atoms with van der Waals surface area (Å²) < 4.78 is 51.0. The van der Waals surface area contributed by atoms with Gasteiger partial charge in [0, 0.05) is 11.5 Å². The topological polar surface area (TPSA) is 74.5 Å². The summed E-state index contributed by atoms with van der Waals surface area (Å²) in [7, 11) is 0. The highest BCUT2D eigenvalue weighted by atomic mass is 35.5. The van der Waals surface area contributed by atoms with E-state index in [0.717, 1.165) is 6.07 Å². The number of halogens is 4. The summed E-state index contributed by atoms with van der Waals surface area (Å²) >= 11 is 5.81. The molecule has 148 valence electrons. The van der Waals surface area contributed by atoms with Gasteiger partial charge in [-0.15, -0.1) is 13.2 Å². The Kier molecular flexibility index (Phi) is 6.04. The summed E-state index contributed by atoms with van der Waals surface area (Å²) in [5.74, 6) is -1.02. The predicted molar refractivity (Wildman–Crippen MR) is 90.3 cm³/mol. The quantitative estimate of drug-likeness (QED) is 0.641. The van der Waals surface area contributed by atoms with Crippen LogP contribution in [0.3, 0.4) is 0 Å². The van der Waals surface area contributed by atoms with Crippen LogP contribution < -0.4 is 4.74 Å². The van der Waals surface area contributed by atoms with E-state index in [1.807, 2.05) is 0 Å². The lowest BCUT2D eigenvalue weighted by Gasteiger charge is -2.20. The van der Waals surface area contributed by atoms with Crippen molar-refractivity contribution in [3.63, 3.8) is 0 Å². The number of esters is 1. The number of ether oxygens (including phenoxy) is 2. The van der Waals surface area contributed by atoms with E-state index in [2.05, 4.69) is 14.9 Å². The Hall–Kier alpha value is -2.29. The van der Waals surface area contributed by atoms with Crippen LogP contribution in [0, 0.1) is 0 Å². The number of benzene rings is 1. The van der Waals surface area contributed by atoms with Crippen molar-refractivity contribution in [3.8, 4) is 17.1 Å². The molecular formula is C17H18ClF3N2O4. The number of carbonyl (C=O) groups excluding carboxylic acids is 1. The van der Waals surface area contributed by atoms with Crippen LogP contribution in [0.1, 0.15) is 45.9 Å². The van der Waals surface area contributed by atoms with Crippen LogP contribution in [0.2, 0.25) is 5.02 Å². The number of rotatable bonds is 5. The molecule has 0 saturated heterocycles. The molecule has 27 heavy (non-hydrogen) atoms. The van der Waals surface area contributed by atoms with Crippen molar-refractivity contribution in [1.29, 1.82) is 0 Å². The molecule has 1 aromatic carbocycles. The zero-order valence-corrected chi connectivity index (χ0v) is 15.8. The van der Waals surface area contributed by atoms with Gasteiger partial charge in [0.05, 0.1) is 11.4 Å². The van der Waals surface area contributed by atoms with Crippen LogP contribution >= 0.6 is 11.6 Å². The average molecular weight is 407 g/mol. The maximum absolute atomic E-state index is 12.3. The van der Waals surface area contributed by atoms with Crippen LogP contribution in [-0.4, -0.2) is 28.1 Å². The van der Waals surface area contributed by atoms with Crippen molar-refractivity contribution in [2.75, 3.05) is 0 Å². The van der Waals surface area contributed by atoms with Crippen molar-refractivity contribution < 1.29 is 32.0 Å². The van der Waals surface area contributed by atoms with Crippen LogP contribution in [0.5, 0.6) is 5.75 Å². The number of nitrogens with zero attached hydrogens (tertiary/aromatic N) is 2. The summed E-state index contributed by atoms with van der Waals surface area (Å²) in [6.45, 7) is 7.00. The second-order valence-corrected chi connectivity index (χ2v) is 7.25. The minimum Gasteiger partial charge on any atom is -0.460 e. The third-order valence-electron chi connectivity index (χ3n) is 3.17. The van der Waals surface area contributed by atoms with Gasteiger partial charge in [0.1, 0.15) is 11.4 Å². The molecule has 6 nitrogen and oxygen atoms in total. The second-order valence-electron chi connectivity index (χ2n) is 6.84. The van der Waals surface area contributed by atoms with Crippen molar-refractivity contribution in [3.05, 3.63) is 29.1 Å². The van der Waals surface area contributed by atoms with Gasteiger partial charge in [-0.3, -0.25) is 4.79 Å². The first-order valence-electron chi connectivity index (χ1n) is 7.95. The zero-order chi connectivity index (χ0) is 20.4. The molecule has 10 heteroatoms. The first-order valence-corrected chi connectivity index (χ1v) is 8.33. The number of carbonyl (C=O) groups is 1. The molecule has 1 aromatic heterocycles. The monoisotopic (exact) mass is 406 g/mol. The fraction of sp³-hybridized carbons (Fsp3) is 0.471. The molecule has 1 atom stereocenters. The first-order chi connectivity index (χ1) is 12.3. The van der Waals surface area contributed by atoms with E-state index in [4.69, 9.17) is 20.9 Å². The molecule has 2 aromatic rings. The minimum atomic E-state index is -4.85. The fourth-order valence-corrected chi connectivity index (χ4v) is 2.34. The van der Waals surface area contributed by atoms with E-state index < -0.39 is 29.6 Å². The number of hydrogen-bond acceptors (Lipinski definition) is 6. The van der Waals surface area contributed by atoms with Crippen molar-refractivity contribution in [2.45, 2.75) is 52.0 Å². The summed E-state index contributed by atoms with van der Waals surface area (Å²) in [6.07, 6.45) is -4.81. The summed E-state index contributed by atoms with van der Waals surface area (Å²) in [5, 5.41) is 3.52. The summed E-state index contributed by atoms with van der Waals surface area (Å²) in [4.78, 5) is 16.0. The number of aromatic nitrogens is 2. The van der Waals surface area contributed by atoms with Crippen LogP contribution in [0.15, 0.2) is 22.7 Å². The molecule has 0 amide bonds. The lowest BCUT2D eigenvalue weighted by molar-refractivity contribution is -0.274. The average Bonchev–Trinajstić information content (AvgIpc) is 2.96. The Morgan fingerprint density at radius 2 is 1.96 bits per heavy atom. The van der Waals surface area contributed by atoms with E-state index in [9.17, 15) is 18.0 Å². The Morgan fingerprint density at radius 3 is 2.52 bits per heavy atom. The van der Waals surface area contributed by atoms with Crippen molar-refractivity contribution in [2.24, 2.45) is 0 Å². The van der Waals surface area contributed by atoms with E-state index in [-0.39, 0.29) is 23.2 Å². The van der Waals surface area contributed by atoms with Gasteiger partial charge < -0.3 is 14.0 Å². The largest absolute Gasteiger partial charge is 0.573 e. The molecular weight excluding hydrogens is 389 g/mol. The lowest BCUT2D eigenvalue weighted by atomic mass is 10.1. The maximum Gasteiger partial charge on any atom is 0.573 e. The fourth-order valence-electron chi connectivity index (χ4n) is 2.12. The molecule has 0 unspecified atom stereocenters. The lowest BCUT2D eigenvalue weighted by Crippen LogP contribution is -2.24. The zero-order valence-electron chi connectivity index (χ0n) is 15.1. The smallest absolute Gasteiger partial charge is 0.460 e. The van der Waals surface area contributed by atoms with Gasteiger partial charge in [0.15, 0.2) is 0 Å². The first kappa shape index (κ1) is 21.0. The highest BCUT2D eigenvalue weighted by molar-refractivity contribution is 6.32. The molecule has 0 spiro atoms. The maximum atomic E-state index is 12.3. The Bertz CT molecular complexity index is 815. The van der Waals surface area contributed by atoms with Gasteiger partial charge in [-0.1, -0.05) is 23.7 Å².